The number of carbonyl (C=O) groups is 2. The van der Waals surface area contributed by atoms with E-state index in [-0.39, 0.29) is 11.7 Å². The van der Waals surface area contributed by atoms with Gasteiger partial charge < -0.3 is 15.8 Å². The van der Waals surface area contributed by atoms with Crippen LogP contribution in [-0.2, 0) is 0 Å². The van der Waals surface area contributed by atoms with E-state index in [1.165, 1.54) is 0 Å². The number of anilines is 1. The zero-order valence-electron chi connectivity index (χ0n) is 10.00. The minimum atomic E-state index is -0.929. The number of primary amides is 1. The molecule has 0 saturated heterocycles. The number of ether oxygens (including phenoxy) is 1. The van der Waals surface area contributed by atoms with Crippen LogP contribution in [0.3, 0.4) is 0 Å². The molecule has 3 N–H and O–H groups in total. The number of benzene rings is 2. The Hall–Kier alpha value is -2.82. The molecule has 5 nitrogen and oxygen atoms in total. The number of amides is 2. The van der Waals surface area contributed by atoms with E-state index in [4.69, 9.17) is 10.5 Å². The molecule has 0 saturated carbocycles. The van der Waals surface area contributed by atoms with Gasteiger partial charge >= 0.3 is 6.09 Å². The Balaban J connectivity index is 2.19. The molecule has 0 atom stereocenters. The average Bonchev–Trinajstić information content (AvgIpc) is 2.41. The largest absolute Gasteiger partial charge is 0.410 e. The van der Waals surface area contributed by atoms with Crippen LogP contribution in [0.15, 0.2) is 54.6 Å². The number of rotatable bonds is 3. The summed E-state index contributed by atoms with van der Waals surface area (Å²) in [5.74, 6) is -0.0830. The van der Waals surface area contributed by atoms with E-state index in [0.29, 0.717) is 11.3 Å². The van der Waals surface area contributed by atoms with Crippen molar-refractivity contribution in [2.75, 3.05) is 5.32 Å². The van der Waals surface area contributed by atoms with E-state index in [2.05, 4.69) is 5.32 Å². The fourth-order valence-corrected chi connectivity index (χ4v) is 1.55. The van der Waals surface area contributed by atoms with E-state index < -0.39 is 6.09 Å². The monoisotopic (exact) mass is 256 g/mol. The van der Waals surface area contributed by atoms with Crippen molar-refractivity contribution in [3.05, 3.63) is 60.2 Å². The predicted molar refractivity (Wildman–Crippen MR) is 71.0 cm³/mol. The van der Waals surface area contributed by atoms with Gasteiger partial charge in [0.25, 0.3) is 5.91 Å². The first-order valence-electron chi connectivity index (χ1n) is 5.59. The number of hydrogen-bond acceptors (Lipinski definition) is 3. The molecule has 0 fully saturated rings. The van der Waals surface area contributed by atoms with Crippen molar-refractivity contribution < 1.29 is 14.3 Å². The summed E-state index contributed by atoms with van der Waals surface area (Å²) < 4.78 is 4.81. The van der Waals surface area contributed by atoms with Crippen molar-refractivity contribution in [3.63, 3.8) is 0 Å². The lowest BCUT2D eigenvalue weighted by Crippen LogP contribution is -2.18. The second-order valence-electron chi connectivity index (χ2n) is 3.74. The van der Waals surface area contributed by atoms with Crippen molar-refractivity contribution in [2.24, 2.45) is 5.73 Å². The van der Waals surface area contributed by atoms with E-state index in [1.807, 2.05) is 6.07 Å². The van der Waals surface area contributed by atoms with Crippen LogP contribution in [0.1, 0.15) is 10.4 Å². The van der Waals surface area contributed by atoms with Gasteiger partial charge in [0.05, 0.1) is 5.69 Å². The first-order chi connectivity index (χ1) is 9.16. The smallest absolute Gasteiger partial charge is 0.408 e. The molecule has 2 aromatic rings. The van der Waals surface area contributed by atoms with Gasteiger partial charge in [-0.15, -0.1) is 0 Å². The van der Waals surface area contributed by atoms with E-state index in [1.54, 1.807) is 48.5 Å². The summed E-state index contributed by atoms with van der Waals surface area (Å²) in [6.45, 7) is 0. The second kappa shape index (κ2) is 5.68. The Morgan fingerprint density at radius 3 is 2.26 bits per heavy atom. The summed E-state index contributed by atoms with van der Waals surface area (Å²) in [5, 5.41) is 2.66. The summed E-state index contributed by atoms with van der Waals surface area (Å²) in [6, 6.07) is 15.3. The third-order valence-electron chi connectivity index (χ3n) is 2.38. The van der Waals surface area contributed by atoms with Gasteiger partial charge in [-0.1, -0.05) is 30.3 Å². The molecule has 0 aromatic heterocycles. The van der Waals surface area contributed by atoms with Crippen LogP contribution in [0.25, 0.3) is 0 Å². The van der Waals surface area contributed by atoms with Gasteiger partial charge in [0.1, 0.15) is 0 Å². The molecule has 2 rings (SSSR count). The van der Waals surface area contributed by atoms with Gasteiger partial charge in [-0.05, 0) is 24.3 Å². The molecule has 96 valence electrons. The van der Waals surface area contributed by atoms with Gasteiger partial charge in [0, 0.05) is 5.56 Å². The molecule has 2 amide bonds. The van der Waals surface area contributed by atoms with Crippen molar-refractivity contribution >= 4 is 17.7 Å². The number of para-hydroxylation sites is 2. The molecule has 0 aliphatic carbocycles. The Morgan fingerprint density at radius 2 is 1.58 bits per heavy atom. The van der Waals surface area contributed by atoms with Crippen molar-refractivity contribution in [2.45, 2.75) is 0 Å². The second-order valence-corrected chi connectivity index (χ2v) is 3.74. The third kappa shape index (κ3) is 3.32. The highest BCUT2D eigenvalue weighted by Gasteiger charge is 2.10. The van der Waals surface area contributed by atoms with E-state index >= 15 is 0 Å². The quantitative estimate of drug-likeness (QED) is 0.884. The fourth-order valence-electron chi connectivity index (χ4n) is 1.55. The maximum absolute atomic E-state index is 12.0. The fraction of sp³-hybridized carbons (Fsp3) is 0. The normalized spacial score (nSPS) is 9.68. The maximum Gasteiger partial charge on any atom is 0.410 e. The van der Waals surface area contributed by atoms with Gasteiger partial charge in [-0.3, -0.25) is 4.79 Å². The summed E-state index contributed by atoms with van der Waals surface area (Å²) in [5.41, 5.74) is 5.86. The first-order valence-corrected chi connectivity index (χ1v) is 5.59. The van der Waals surface area contributed by atoms with Crippen LogP contribution in [0.5, 0.6) is 5.75 Å². The molecule has 19 heavy (non-hydrogen) atoms. The highest BCUT2D eigenvalue weighted by Crippen LogP contribution is 2.24. The SMILES string of the molecule is NC(=O)Oc1ccccc1NC(=O)c1ccccc1. The van der Waals surface area contributed by atoms with Gasteiger partial charge in [-0.25, -0.2) is 4.79 Å². The molecule has 0 spiro atoms. The molecule has 0 aliphatic rings. The average molecular weight is 256 g/mol. The van der Waals surface area contributed by atoms with Crippen LogP contribution in [0.2, 0.25) is 0 Å². The minimum absolute atomic E-state index is 0.208. The van der Waals surface area contributed by atoms with Crippen LogP contribution in [0, 0.1) is 0 Å². The number of nitrogens with one attached hydrogen (secondary N) is 1. The lowest BCUT2D eigenvalue weighted by Gasteiger charge is -2.09. The van der Waals surface area contributed by atoms with Gasteiger partial charge in [-0.2, -0.15) is 0 Å². The lowest BCUT2D eigenvalue weighted by atomic mass is 10.2. The van der Waals surface area contributed by atoms with Crippen LogP contribution >= 0.6 is 0 Å². The lowest BCUT2D eigenvalue weighted by molar-refractivity contribution is 0.102. The van der Waals surface area contributed by atoms with Crippen LogP contribution < -0.4 is 15.8 Å². The van der Waals surface area contributed by atoms with Gasteiger partial charge in [0.15, 0.2) is 5.75 Å². The molecule has 0 bridgehead atoms. The Labute approximate surface area is 110 Å². The summed E-state index contributed by atoms with van der Waals surface area (Å²) in [7, 11) is 0. The molecular weight excluding hydrogens is 244 g/mol. The molecule has 2 aromatic carbocycles. The molecule has 0 unspecified atom stereocenters. The number of hydrogen-bond donors (Lipinski definition) is 2. The highest BCUT2D eigenvalue weighted by molar-refractivity contribution is 6.05. The molecular formula is C14H12N2O3. The topological polar surface area (TPSA) is 81.4 Å². The van der Waals surface area contributed by atoms with Crippen molar-refractivity contribution in [1.29, 1.82) is 0 Å². The van der Waals surface area contributed by atoms with Crippen molar-refractivity contribution in [1.82, 2.24) is 0 Å². The van der Waals surface area contributed by atoms with E-state index in [9.17, 15) is 9.59 Å². The van der Waals surface area contributed by atoms with Gasteiger partial charge in [0.2, 0.25) is 0 Å². The summed E-state index contributed by atoms with van der Waals surface area (Å²) in [4.78, 5) is 22.7. The number of carbonyl (C=O) groups excluding carboxylic acids is 2. The Kier molecular flexibility index (Phi) is 3.78. The predicted octanol–water partition coefficient (Wildman–Crippen LogP) is 2.40. The Morgan fingerprint density at radius 1 is 0.947 bits per heavy atom. The number of nitrogens with two attached hydrogens (primary N) is 1. The summed E-state index contributed by atoms with van der Waals surface area (Å²) in [6.07, 6.45) is -0.929. The molecule has 0 aliphatic heterocycles. The Bertz CT molecular complexity index is 597. The standard InChI is InChI=1S/C14H12N2O3/c15-14(18)19-12-9-5-4-8-11(12)16-13(17)10-6-2-1-3-7-10/h1-9H,(H2,15,18)(H,16,17). The van der Waals surface area contributed by atoms with E-state index in [0.717, 1.165) is 0 Å². The van der Waals surface area contributed by atoms with Crippen LogP contribution in [0.4, 0.5) is 10.5 Å². The molecule has 0 heterocycles. The summed E-state index contributed by atoms with van der Waals surface area (Å²) >= 11 is 0. The zero-order chi connectivity index (χ0) is 13.7. The third-order valence-corrected chi connectivity index (χ3v) is 2.38. The minimum Gasteiger partial charge on any atom is -0.408 e. The van der Waals surface area contributed by atoms with Crippen LogP contribution in [-0.4, -0.2) is 12.0 Å². The van der Waals surface area contributed by atoms with Crippen molar-refractivity contribution in [3.8, 4) is 5.75 Å². The highest BCUT2D eigenvalue weighted by atomic mass is 16.5. The maximum atomic E-state index is 12.0. The first kappa shape index (κ1) is 12.6. The molecule has 5 heteroatoms. The zero-order valence-corrected chi connectivity index (χ0v) is 10.00. The molecule has 0 radical (unpaired) electrons.